The average Bonchev–Trinajstić information content (AvgIpc) is 3.52. The average molecular weight is 482 g/mol. The molecule has 0 saturated carbocycles. The number of imidazole rings is 1. The van der Waals surface area contributed by atoms with Gasteiger partial charge in [0.2, 0.25) is 0 Å². The molecule has 0 bridgehead atoms. The number of aromatic nitrogens is 2. The number of benzene rings is 1. The molecule has 35 heavy (non-hydrogen) atoms. The summed E-state index contributed by atoms with van der Waals surface area (Å²) < 4.78 is 2.45. The second kappa shape index (κ2) is 13.4. The van der Waals surface area contributed by atoms with E-state index in [2.05, 4.69) is 45.7 Å². The van der Waals surface area contributed by atoms with E-state index >= 15 is 0 Å². The van der Waals surface area contributed by atoms with Crippen LogP contribution in [0, 0.1) is 5.92 Å². The van der Waals surface area contributed by atoms with Gasteiger partial charge in [0.25, 0.3) is 5.91 Å². The number of piperidine rings is 1. The van der Waals surface area contributed by atoms with E-state index in [-0.39, 0.29) is 5.91 Å². The van der Waals surface area contributed by atoms with Gasteiger partial charge in [-0.3, -0.25) is 4.79 Å². The number of aryl methyl sites for hydroxylation is 1. The second-order valence-electron chi connectivity index (χ2n) is 10.7. The fourth-order valence-electron chi connectivity index (χ4n) is 5.71. The topological polar surface area (TPSA) is 53.4 Å². The van der Waals surface area contributed by atoms with Crippen LogP contribution in [0.4, 0.5) is 0 Å². The Kier molecular flexibility index (Phi) is 10.0. The lowest BCUT2D eigenvalue weighted by atomic mass is 9.94. The van der Waals surface area contributed by atoms with Gasteiger partial charge in [-0.2, -0.15) is 0 Å². The molecule has 0 atom stereocenters. The normalized spacial score (nSPS) is 17.4. The van der Waals surface area contributed by atoms with Gasteiger partial charge in [0, 0.05) is 31.6 Å². The van der Waals surface area contributed by atoms with Gasteiger partial charge >= 0.3 is 0 Å². The molecule has 6 heteroatoms. The third kappa shape index (κ3) is 7.07. The van der Waals surface area contributed by atoms with E-state index in [1.807, 2.05) is 6.07 Å². The highest BCUT2D eigenvalue weighted by atomic mass is 16.2. The van der Waals surface area contributed by atoms with Gasteiger partial charge in [-0.1, -0.05) is 26.7 Å². The van der Waals surface area contributed by atoms with Crippen LogP contribution in [0.5, 0.6) is 0 Å². The van der Waals surface area contributed by atoms with Crippen LogP contribution >= 0.6 is 0 Å². The maximum absolute atomic E-state index is 13.5. The summed E-state index contributed by atoms with van der Waals surface area (Å²) in [6.07, 6.45) is 11.7. The maximum atomic E-state index is 13.5. The number of unbranched alkanes of at least 4 members (excludes halogenated alkanes) is 2. The van der Waals surface area contributed by atoms with E-state index in [1.54, 1.807) is 0 Å². The highest BCUT2D eigenvalue weighted by Gasteiger charge is 2.21. The van der Waals surface area contributed by atoms with Gasteiger partial charge in [0.05, 0.1) is 11.0 Å². The molecule has 194 valence electrons. The summed E-state index contributed by atoms with van der Waals surface area (Å²) >= 11 is 0. The summed E-state index contributed by atoms with van der Waals surface area (Å²) in [5.41, 5.74) is 3.01. The van der Waals surface area contributed by atoms with E-state index in [1.165, 1.54) is 44.6 Å². The molecule has 3 heterocycles. The highest BCUT2D eigenvalue weighted by Crippen LogP contribution is 2.24. The summed E-state index contributed by atoms with van der Waals surface area (Å²) in [5, 5.41) is 3.49. The number of hydrogen-bond donors (Lipinski definition) is 1. The Morgan fingerprint density at radius 3 is 2.43 bits per heavy atom. The Bertz CT molecular complexity index is 919. The van der Waals surface area contributed by atoms with E-state index in [4.69, 9.17) is 4.98 Å². The van der Waals surface area contributed by atoms with E-state index in [0.29, 0.717) is 5.92 Å². The fourth-order valence-corrected chi connectivity index (χ4v) is 5.71. The van der Waals surface area contributed by atoms with E-state index in [9.17, 15) is 4.79 Å². The zero-order valence-electron chi connectivity index (χ0n) is 22.2. The number of nitrogens with zero attached hydrogens (tertiary/aromatic N) is 4. The first-order valence-corrected chi connectivity index (χ1v) is 14.4. The minimum absolute atomic E-state index is 0.179. The summed E-state index contributed by atoms with van der Waals surface area (Å²) in [7, 11) is 0. The van der Waals surface area contributed by atoms with Crippen LogP contribution in [0.1, 0.15) is 87.8 Å². The Morgan fingerprint density at radius 1 is 1.03 bits per heavy atom. The molecule has 1 aromatic heterocycles. The molecule has 4 rings (SSSR count). The number of carbonyl (C=O) groups excluding carboxylic acids is 1. The van der Waals surface area contributed by atoms with E-state index < -0.39 is 0 Å². The Labute approximate surface area is 212 Å². The molecular formula is C29H47N5O. The summed E-state index contributed by atoms with van der Waals surface area (Å²) in [6.45, 7) is 13.0. The number of rotatable bonds is 13. The maximum Gasteiger partial charge on any atom is 0.253 e. The number of hydrogen-bond acceptors (Lipinski definition) is 4. The molecule has 2 aliphatic heterocycles. The van der Waals surface area contributed by atoms with Crippen molar-refractivity contribution in [3.8, 4) is 0 Å². The molecule has 0 radical (unpaired) electrons. The molecule has 1 amide bonds. The minimum Gasteiger partial charge on any atom is -0.339 e. The predicted molar refractivity (Wildman–Crippen MR) is 145 cm³/mol. The monoisotopic (exact) mass is 481 g/mol. The van der Waals surface area contributed by atoms with Crippen LogP contribution in [0.15, 0.2) is 18.2 Å². The van der Waals surface area contributed by atoms with E-state index in [0.717, 1.165) is 94.4 Å². The van der Waals surface area contributed by atoms with Crippen molar-refractivity contribution in [2.45, 2.75) is 84.6 Å². The molecule has 1 N–H and O–H groups in total. The number of fused-ring (bicyclic) bond motifs is 1. The molecule has 2 aliphatic rings. The smallest absolute Gasteiger partial charge is 0.253 e. The van der Waals surface area contributed by atoms with Crippen molar-refractivity contribution < 1.29 is 4.79 Å². The van der Waals surface area contributed by atoms with Crippen molar-refractivity contribution in [3.05, 3.63) is 29.6 Å². The Hall–Kier alpha value is -1.92. The molecule has 6 nitrogen and oxygen atoms in total. The molecule has 2 saturated heterocycles. The molecule has 1 aromatic carbocycles. The Morgan fingerprint density at radius 2 is 1.74 bits per heavy atom. The van der Waals surface area contributed by atoms with Crippen molar-refractivity contribution in [2.75, 3.05) is 45.8 Å². The van der Waals surface area contributed by atoms with Gasteiger partial charge in [0.1, 0.15) is 5.82 Å². The second-order valence-corrected chi connectivity index (χ2v) is 10.7. The third-order valence-corrected chi connectivity index (χ3v) is 7.91. The first-order chi connectivity index (χ1) is 17.2. The van der Waals surface area contributed by atoms with Gasteiger partial charge < -0.3 is 19.7 Å². The van der Waals surface area contributed by atoms with Crippen molar-refractivity contribution in [2.24, 2.45) is 5.92 Å². The predicted octanol–water partition coefficient (Wildman–Crippen LogP) is 5.11. The lowest BCUT2D eigenvalue weighted by Gasteiger charge is -2.23. The minimum atomic E-state index is 0.179. The summed E-state index contributed by atoms with van der Waals surface area (Å²) in [6, 6.07) is 6.23. The van der Waals surface area contributed by atoms with Gasteiger partial charge in [0.15, 0.2) is 0 Å². The van der Waals surface area contributed by atoms with Crippen molar-refractivity contribution >= 4 is 16.9 Å². The number of likely N-dealkylation sites (tertiary alicyclic amines) is 1. The largest absolute Gasteiger partial charge is 0.339 e. The summed E-state index contributed by atoms with van der Waals surface area (Å²) in [5.74, 6) is 2.09. The van der Waals surface area contributed by atoms with Crippen LogP contribution in [-0.4, -0.2) is 71.1 Å². The van der Waals surface area contributed by atoms with Crippen LogP contribution in [0.3, 0.4) is 0 Å². The zero-order chi connectivity index (χ0) is 24.5. The third-order valence-electron chi connectivity index (χ3n) is 7.91. The van der Waals surface area contributed by atoms with Crippen LogP contribution in [0.2, 0.25) is 0 Å². The number of nitrogens with one attached hydrogen (secondary N) is 1. The van der Waals surface area contributed by atoms with Gasteiger partial charge in [-0.05, 0) is 102 Å². The molecule has 2 fully saturated rings. The molecule has 0 unspecified atom stereocenters. The molecule has 2 aromatic rings. The van der Waals surface area contributed by atoms with Gasteiger partial charge in [-0.25, -0.2) is 4.98 Å². The first kappa shape index (κ1) is 26.2. The number of carbonyl (C=O) groups is 1. The molecule has 0 spiro atoms. The van der Waals surface area contributed by atoms with Crippen LogP contribution < -0.4 is 5.32 Å². The van der Waals surface area contributed by atoms with Crippen molar-refractivity contribution in [1.29, 1.82) is 0 Å². The lowest BCUT2D eigenvalue weighted by Crippen LogP contribution is -2.33. The highest BCUT2D eigenvalue weighted by molar-refractivity contribution is 5.97. The molecule has 0 aliphatic carbocycles. The summed E-state index contributed by atoms with van der Waals surface area (Å²) in [4.78, 5) is 23.3. The van der Waals surface area contributed by atoms with Crippen molar-refractivity contribution in [3.63, 3.8) is 0 Å². The lowest BCUT2D eigenvalue weighted by molar-refractivity contribution is 0.0751. The van der Waals surface area contributed by atoms with Crippen molar-refractivity contribution in [1.82, 2.24) is 24.7 Å². The fraction of sp³-hybridized carbons (Fsp3) is 0.724. The zero-order valence-corrected chi connectivity index (χ0v) is 22.2. The number of amides is 1. The molecular weight excluding hydrogens is 434 g/mol. The van der Waals surface area contributed by atoms with Crippen LogP contribution in [0.25, 0.3) is 11.0 Å². The SMILES string of the molecule is CCCCN(CCCC)C(=O)c1ccc2nc(CC3CCNCC3)n(CCCN3CCCC3)c2c1. The first-order valence-electron chi connectivity index (χ1n) is 14.4. The van der Waals surface area contributed by atoms with Crippen LogP contribution in [-0.2, 0) is 13.0 Å². The quantitative estimate of drug-likeness (QED) is 0.432. The standard InChI is InChI=1S/C29H47N5O/c1-3-5-19-33(20-6-4-2)29(35)25-10-11-26-27(23-25)34(21-9-18-32-16-7-8-17-32)28(31-26)22-24-12-14-30-15-13-24/h10-11,23-24,30H,3-9,12-22H2,1-2H3. The van der Waals surface area contributed by atoms with Gasteiger partial charge in [-0.15, -0.1) is 0 Å². The Balaban J connectivity index is 1.57.